The zero-order valence-corrected chi connectivity index (χ0v) is 17.1. The van der Waals surface area contributed by atoms with Crippen molar-refractivity contribution in [3.63, 3.8) is 0 Å². The van der Waals surface area contributed by atoms with Crippen LogP contribution in [0.25, 0.3) is 0 Å². The number of rotatable bonds is 1. The van der Waals surface area contributed by atoms with Crippen LogP contribution in [0.5, 0.6) is 0 Å². The van der Waals surface area contributed by atoms with Crippen molar-refractivity contribution in [2.45, 2.75) is 52.4 Å². The Bertz CT molecular complexity index is 861. The second-order valence-electron chi connectivity index (χ2n) is 8.77. The van der Waals surface area contributed by atoms with Crippen LogP contribution in [0.1, 0.15) is 57.9 Å². The molecule has 0 fully saturated rings. The summed E-state index contributed by atoms with van der Waals surface area (Å²) in [5.74, 6) is 0.477. The van der Waals surface area contributed by atoms with Crippen LogP contribution in [-0.2, 0) is 9.59 Å². The Morgan fingerprint density at radius 1 is 0.962 bits per heavy atom. The van der Waals surface area contributed by atoms with Crippen molar-refractivity contribution in [3.8, 4) is 0 Å². The Hall–Kier alpha value is -1.68. The predicted molar refractivity (Wildman–Crippen MR) is 105 cm³/mol. The lowest BCUT2D eigenvalue weighted by atomic mass is 9.66. The van der Waals surface area contributed by atoms with E-state index in [1.807, 2.05) is 24.3 Å². The van der Waals surface area contributed by atoms with Crippen LogP contribution in [0.15, 0.2) is 51.3 Å². The summed E-state index contributed by atoms with van der Waals surface area (Å²) in [4.78, 5) is 26.1. The Labute approximate surface area is 163 Å². The Balaban J connectivity index is 1.90. The molecule has 0 saturated heterocycles. The van der Waals surface area contributed by atoms with Gasteiger partial charge in [-0.25, -0.2) is 0 Å². The Kier molecular flexibility index (Phi) is 4.22. The third kappa shape index (κ3) is 2.98. The largest absolute Gasteiger partial charge is 0.362 e. The zero-order valence-electron chi connectivity index (χ0n) is 15.5. The lowest BCUT2D eigenvalue weighted by molar-refractivity contribution is -0.118. The summed E-state index contributed by atoms with van der Waals surface area (Å²) < 4.78 is 0.998. The number of carbonyl (C=O) groups is 2. The van der Waals surface area contributed by atoms with E-state index in [0.717, 1.165) is 45.4 Å². The van der Waals surface area contributed by atoms with Crippen molar-refractivity contribution in [3.05, 3.63) is 56.8 Å². The number of Topliss-reactive ketones (excluding diaryl/α,β-unsaturated/α-hetero) is 2. The molecule has 0 aromatic heterocycles. The highest BCUT2D eigenvalue weighted by atomic mass is 79.9. The number of ketones is 2. The maximum atomic E-state index is 13.1. The van der Waals surface area contributed by atoms with E-state index in [2.05, 4.69) is 42.0 Å². The normalized spacial score (nSPS) is 27.8. The van der Waals surface area contributed by atoms with E-state index in [-0.39, 0.29) is 22.9 Å². The maximum absolute atomic E-state index is 13.1. The van der Waals surface area contributed by atoms with Crippen molar-refractivity contribution in [2.75, 3.05) is 0 Å². The van der Waals surface area contributed by atoms with Gasteiger partial charge in [0, 0.05) is 45.8 Å². The van der Waals surface area contributed by atoms with E-state index in [0.29, 0.717) is 18.8 Å². The summed E-state index contributed by atoms with van der Waals surface area (Å²) in [6.07, 6.45) is 2.82. The highest BCUT2D eigenvalue weighted by Crippen LogP contribution is 2.49. The van der Waals surface area contributed by atoms with Gasteiger partial charge in [0.2, 0.25) is 0 Å². The number of hydrogen-bond acceptors (Lipinski definition) is 3. The predicted octanol–water partition coefficient (Wildman–Crippen LogP) is 5.03. The van der Waals surface area contributed by atoms with Gasteiger partial charge in [-0.05, 0) is 41.9 Å². The third-order valence-electron chi connectivity index (χ3n) is 5.71. The molecule has 0 spiro atoms. The van der Waals surface area contributed by atoms with E-state index < -0.39 is 0 Å². The van der Waals surface area contributed by atoms with Gasteiger partial charge in [0.1, 0.15) is 0 Å². The van der Waals surface area contributed by atoms with E-state index in [4.69, 9.17) is 0 Å². The molecular weight excluding hydrogens is 390 g/mol. The average Bonchev–Trinajstić information content (AvgIpc) is 2.52. The molecule has 1 aromatic rings. The number of halogens is 1. The Morgan fingerprint density at radius 2 is 1.62 bits per heavy atom. The molecule has 3 aliphatic rings. The van der Waals surface area contributed by atoms with Crippen LogP contribution < -0.4 is 5.32 Å². The molecule has 136 valence electrons. The smallest absolute Gasteiger partial charge is 0.162 e. The molecule has 1 aromatic carbocycles. The average molecular weight is 414 g/mol. The fourth-order valence-corrected chi connectivity index (χ4v) is 4.94. The molecule has 0 radical (unpaired) electrons. The van der Waals surface area contributed by atoms with E-state index in [9.17, 15) is 9.59 Å². The second kappa shape index (κ2) is 6.19. The van der Waals surface area contributed by atoms with Crippen LogP contribution in [0.3, 0.4) is 0 Å². The fraction of sp³-hybridized carbons (Fsp3) is 0.455. The summed E-state index contributed by atoms with van der Waals surface area (Å²) in [6, 6.07) is 8.05. The number of hydrogen-bond donors (Lipinski definition) is 1. The first-order valence-electron chi connectivity index (χ1n) is 9.30. The molecule has 1 aliphatic heterocycles. The van der Waals surface area contributed by atoms with Crippen molar-refractivity contribution < 1.29 is 9.59 Å². The summed E-state index contributed by atoms with van der Waals surface area (Å²) >= 11 is 3.48. The van der Waals surface area contributed by atoms with Crippen LogP contribution in [0.4, 0.5) is 0 Å². The molecule has 2 atom stereocenters. The molecule has 0 amide bonds. The fourth-order valence-electron chi connectivity index (χ4n) is 4.68. The number of benzene rings is 1. The topological polar surface area (TPSA) is 46.2 Å². The van der Waals surface area contributed by atoms with E-state index in [1.54, 1.807) is 0 Å². The minimum absolute atomic E-state index is 0.0461. The molecule has 4 heteroatoms. The summed E-state index contributed by atoms with van der Waals surface area (Å²) in [5, 5.41) is 3.52. The summed E-state index contributed by atoms with van der Waals surface area (Å²) in [6.45, 7) is 6.41. The highest BCUT2D eigenvalue weighted by molar-refractivity contribution is 9.10. The molecule has 1 heterocycles. The van der Waals surface area contributed by atoms with Gasteiger partial charge in [-0.1, -0.05) is 48.8 Å². The molecule has 0 bridgehead atoms. The van der Waals surface area contributed by atoms with Crippen molar-refractivity contribution in [1.82, 2.24) is 5.32 Å². The molecular formula is C22H24BrNO2. The van der Waals surface area contributed by atoms with Crippen LogP contribution >= 0.6 is 15.9 Å². The molecule has 1 N–H and O–H groups in total. The van der Waals surface area contributed by atoms with Crippen LogP contribution in [-0.4, -0.2) is 11.6 Å². The van der Waals surface area contributed by atoms with Gasteiger partial charge in [0.25, 0.3) is 0 Å². The Morgan fingerprint density at radius 3 is 2.31 bits per heavy atom. The minimum atomic E-state index is -0.224. The van der Waals surface area contributed by atoms with Gasteiger partial charge >= 0.3 is 0 Å². The summed E-state index contributed by atoms with van der Waals surface area (Å²) in [7, 11) is 0. The van der Waals surface area contributed by atoms with Crippen molar-refractivity contribution in [2.24, 2.45) is 11.3 Å². The standard InChI is InChI=1S/C22H24BrNO2/c1-12-8-15-20(17(25)9-12)19(13-4-6-14(23)7-5-13)21-16(24-15)10-22(2,3)11-18(21)26/h4-7,12,19,24H,8-11H2,1-3H3. The van der Waals surface area contributed by atoms with Gasteiger partial charge in [-0.15, -0.1) is 0 Å². The molecule has 4 rings (SSSR count). The number of allylic oxidation sites excluding steroid dienone is 4. The van der Waals surface area contributed by atoms with Gasteiger partial charge in [0.05, 0.1) is 0 Å². The van der Waals surface area contributed by atoms with E-state index in [1.165, 1.54) is 0 Å². The molecule has 3 nitrogen and oxygen atoms in total. The number of nitrogens with one attached hydrogen (secondary N) is 1. The second-order valence-corrected chi connectivity index (χ2v) is 9.69. The lowest BCUT2D eigenvalue weighted by Gasteiger charge is -2.42. The zero-order chi connectivity index (χ0) is 18.6. The first kappa shape index (κ1) is 17.7. The number of dihydropyridines is 1. The molecule has 26 heavy (non-hydrogen) atoms. The number of carbonyl (C=O) groups excluding carboxylic acids is 2. The van der Waals surface area contributed by atoms with E-state index >= 15 is 0 Å². The molecule has 2 unspecified atom stereocenters. The lowest BCUT2D eigenvalue weighted by Crippen LogP contribution is -2.40. The van der Waals surface area contributed by atoms with Gasteiger partial charge in [-0.3, -0.25) is 9.59 Å². The maximum Gasteiger partial charge on any atom is 0.162 e. The van der Waals surface area contributed by atoms with Crippen LogP contribution in [0, 0.1) is 11.3 Å². The molecule has 0 saturated carbocycles. The SMILES string of the molecule is CC1CC(=O)C2=C(C1)NC1=C(C(=O)CC(C)(C)C1)C2c1ccc(Br)cc1. The monoisotopic (exact) mass is 413 g/mol. The minimum Gasteiger partial charge on any atom is -0.362 e. The first-order chi connectivity index (χ1) is 12.2. The quantitative estimate of drug-likeness (QED) is 0.701. The highest BCUT2D eigenvalue weighted by Gasteiger charge is 2.44. The first-order valence-corrected chi connectivity index (χ1v) is 10.1. The summed E-state index contributed by atoms with van der Waals surface area (Å²) in [5.41, 5.74) is 4.68. The van der Waals surface area contributed by atoms with Gasteiger partial charge in [0.15, 0.2) is 11.6 Å². The van der Waals surface area contributed by atoms with Gasteiger partial charge in [-0.2, -0.15) is 0 Å². The van der Waals surface area contributed by atoms with Crippen LogP contribution in [0.2, 0.25) is 0 Å². The van der Waals surface area contributed by atoms with Crippen molar-refractivity contribution in [1.29, 1.82) is 0 Å². The van der Waals surface area contributed by atoms with Crippen molar-refractivity contribution >= 4 is 27.5 Å². The van der Waals surface area contributed by atoms with Gasteiger partial charge < -0.3 is 5.32 Å². The molecule has 2 aliphatic carbocycles. The third-order valence-corrected chi connectivity index (χ3v) is 6.24.